The summed E-state index contributed by atoms with van der Waals surface area (Å²) in [5.74, 6) is -0.938. The van der Waals surface area contributed by atoms with Crippen LogP contribution in [0.3, 0.4) is 0 Å². The third-order valence-electron chi connectivity index (χ3n) is 2.33. The van der Waals surface area contributed by atoms with Crippen LogP contribution in [0.15, 0.2) is 23.9 Å². The Bertz CT molecular complexity index is 631. The van der Waals surface area contributed by atoms with E-state index in [0.717, 1.165) is 0 Å². The highest BCUT2D eigenvalue weighted by Crippen LogP contribution is 2.22. The fourth-order valence-electron chi connectivity index (χ4n) is 1.49. The van der Waals surface area contributed by atoms with Crippen molar-refractivity contribution in [2.75, 3.05) is 6.61 Å². The van der Waals surface area contributed by atoms with E-state index in [0.29, 0.717) is 15.6 Å². The summed E-state index contributed by atoms with van der Waals surface area (Å²) in [5, 5.41) is 12.4. The highest BCUT2D eigenvalue weighted by atomic mass is 35.5. The molecular weight excluding hydrogens is 335 g/mol. The van der Waals surface area contributed by atoms with E-state index in [2.05, 4.69) is 10.2 Å². The first-order valence-corrected chi connectivity index (χ1v) is 6.75. The van der Waals surface area contributed by atoms with Crippen LogP contribution in [0.5, 0.6) is 0 Å². The van der Waals surface area contributed by atoms with Gasteiger partial charge >= 0.3 is 0 Å². The molecule has 0 unspecified atom stereocenters. The Morgan fingerprint density at radius 1 is 1.41 bits per heavy atom. The highest BCUT2D eigenvalue weighted by molar-refractivity contribution is 6.35. The zero-order valence-electron chi connectivity index (χ0n) is 11.5. The summed E-state index contributed by atoms with van der Waals surface area (Å²) in [6, 6.07) is 4.63. The van der Waals surface area contributed by atoms with Crippen molar-refractivity contribution in [1.82, 2.24) is 5.32 Å². The lowest BCUT2D eigenvalue weighted by Crippen LogP contribution is -2.27. The molecule has 0 saturated heterocycles. The van der Waals surface area contributed by atoms with Crippen molar-refractivity contribution in [3.05, 3.63) is 49.6 Å². The average molecular weight is 347 g/mol. The molecule has 22 heavy (non-hydrogen) atoms. The van der Waals surface area contributed by atoms with Crippen LogP contribution in [0.1, 0.15) is 18.9 Å². The Hall–Kier alpha value is -2.12. The van der Waals surface area contributed by atoms with Gasteiger partial charge in [-0.15, -0.1) is 10.1 Å². The summed E-state index contributed by atoms with van der Waals surface area (Å²) in [7, 11) is 0. The molecule has 9 heteroatoms. The number of rotatable bonds is 7. The van der Waals surface area contributed by atoms with Gasteiger partial charge in [-0.3, -0.25) is 9.59 Å². The highest BCUT2D eigenvalue weighted by Gasteiger charge is 2.10. The maximum absolute atomic E-state index is 11.6. The minimum absolute atomic E-state index is 0.0900. The molecule has 1 aromatic rings. The van der Waals surface area contributed by atoms with Crippen LogP contribution in [0, 0.1) is 10.1 Å². The fraction of sp³-hybridized carbons (Fsp3) is 0.231. The SMILES string of the molecule is CC(=O)CC(=O)N/C(=C/c1ccc(Cl)cc1Cl)CO[N+](=O)[O-]. The van der Waals surface area contributed by atoms with E-state index in [1.54, 1.807) is 12.1 Å². The minimum Gasteiger partial charge on any atom is -0.327 e. The van der Waals surface area contributed by atoms with Gasteiger partial charge in [0.1, 0.15) is 12.4 Å². The van der Waals surface area contributed by atoms with Crippen molar-refractivity contribution >= 4 is 41.0 Å². The summed E-state index contributed by atoms with van der Waals surface area (Å²) in [5.41, 5.74) is 0.573. The monoisotopic (exact) mass is 346 g/mol. The number of nitrogens with one attached hydrogen (secondary N) is 1. The molecule has 0 aliphatic carbocycles. The number of halogens is 2. The lowest BCUT2D eigenvalue weighted by Gasteiger charge is -2.09. The van der Waals surface area contributed by atoms with Gasteiger partial charge in [0.05, 0.1) is 6.42 Å². The van der Waals surface area contributed by atoms with Crippen LogP contribution in [0.4, 0.5) is 0 Å². The van der Waals surface area contributed by atoms with E-state index in [4.69, 9.17) is 23.2 Å². The number of nitrogens with zero attached hydrogens (tertiary/aromatic N) is 1. The van der Waals surface area contributed by atoms with Crippen LogP contribution >= 0.6 is 23.2 Å². The maximum Gasteiger partial charge on any atom is 0.294 e. The molecule has 0 atom stereocenters. The van der Waals surface area contributed by atoms with Crippen LogP contribution in [0.25, 0.3) is 6.08 Å². The van der Waals surface area contributed by atoms with Crippen molar-refractivity contribution in [2.45, 2.75) is 13.3 Å². The second-order valence-corrected chi connectivity index (χ2v) is 5.10. The third-order valence-corrected chi connectivity index (χ3v) is 2.89. The maximum atomic E-state index is 11.6. The normalized spacial score (nSPS) is 11.0. The Balaban J connectivity index is 2.97. The van der Waals surface area contributed by atoms with Crippen molar-refractivity contribution in [3.8, 4) is 0 Å². The Kier molecular flexibility index (Phi) is 6.81. The molecule has 1 aromatic carbocycles. The number of ketones is 1. The lowest BCUT2D eigenvalue weighted by molar-refractivity contribution is -0.755. The largest absolute Gasteiger partial charge is 0.327 e. The molecule has 0 radical (unpaired) electrons. The van der Waals surface area contributed by atoms with Gasteiger partial charge in [0.15, 0.2) is 0 Å². The molecule has 1 amide bonds. The Morgan fingerprint density at radius 3 is 2.64 bits per heavy atom. The zero-order valence-corrected chi connectivity index (χ0v) is 13.0. The number of hydrogen-bond donors (Lipinski definition) is 1. The zero-order chi connectivity index (χ0) is 16.7. The van der Waals surface area contributed by atoms with Crippen molar-refractivity contribution in [2.24, 2.45) is 0 Å². The minimum atomic E-state index is -0.992. The van der Waals surface area contributed by atoms with Crippen LogP contribution in [0.2, 0.25) is 10.0 Å². The molecule has 0 saturated carbocycles. The third kappa shape index (κ3) is 6.55. The first kappa shape index (κ1) is 17.9. The summed E-state index contributed by atoms with van der Waals surface area (Å²) >= 11 is 11.8. The Morgan fingerprint density at radius 2 is 2.09 bits per heavy atom. The van der Waals surface area contributed by atoms with Crippen LogP contribution in [-0.4, -0.2) is 23.4 Å². The lowest BCUT2D eigenvalue weighted by atomic mass is 10.2. The molecule has 0 aromatic heterocycles. The predicted octanol–water partition coefficient (Wildman–Crippen LogP) is 2.64. The van der Waals surface area contributed by atoms with Gasteiger partial charge in [0.2, 0.25) is 5.91 Å². The topological polar surface area (TPSA) is 98.5 Å². The van der Waals surface area contributed by atoms with Gasteiger partial charge in [-0.25, -0.2) is 0 Å². The average Bonchev–Trinajstić information content (AvgIpc) is 2.38. The molecule has 1 rings (SSSR count). The number of carbonyl (C=O) groups excluding carboxylic acids is 2. The van der Waals surface area contributed by atoms with Gasteiger partial charge < -0.3 is 10.2 Å². The molecule has 118 valence electrons. The summed E-state index contributed by atoms with van der Waals surface area (Å²) in [6.45, 7) is 0.766. The standard InChI is InChI=1S/C13H12Cl2N2O5/c1-8(18)4-13(19)16-11(7-22-17(20)21)5-9-2-3-10(14)6-12(9)15/h2-3,5-6H,4,7H2,1H3,(H,16,19)/b11-5+. The summed E-state index contributed by atoms with van der Waals surface area (Å²) in [6.07, 6.45) is 1.06. The Labute approximate surface area is 135 Å². The van der Waals surface area contributed by atoms with E-state index >= 15 is 0 Å². The van der Waals surface area contributed by atoms with Gasteiger partial charge in [-0.2, -0.15) is 0 Å². The molecular formula is C13H12Cl2N2O5. The van der Waals surface area contributed by atoms with E-state index in [1.165, 1.54) is 19.1 Å². The van der Waals surface area contributed by atoms with Gasteiger partial charge in [-0.05, 0) is 30.7 Å². The van der Waals surface area contributed by atoms with Crippen molar-refractivity contribution in [3.63, 3.8) is 0 Å². The summed E-state index contributed by atoms with van der Waals surface area (Å²) < 4.78 is 0. The van der Waals surface area contributed by atoms with Crippen molar-refractivity contribution in [1.29, 1.82) is 0 Å². The molecule has 0 spiro atoms. The number of hydrogen-bond acceptors (Lipinski definition) is 5. The van der Waals surface area contributed by atoms with Gasteiger partial charge in [0.25, 0.3) is 5.09 Å². The molecule has 0 heterocycles. The molecule has 7 nitrogen and oxygen atoms in total. The quantitative estimate of drug-likeness (QED) is 0.464. The predicted molar refractivity (Wildman–Crippen MR) is 80.8 cm³/mol. The van der Waals surface area contributed by atoms with Crippen LogP contribution in [-0.2, 0) is 14.4 Å². The van der Waals surface area contributed by atoms with E-state index in [9.17, 15) is 19.7 Å². The van der Waals surface area contributed by atoms with Crippen molar-refractivity contribution < 1.29 is 19.5 Å². The van der Waals surface area contributed by atoms with Gasteiger partial charge in [0, 0.05) is 15.7 Å². The molecule has 0 aliphatic heterocycles. The first-order chi connectivity index (χ1) is 10.3. The summed E-state index contributed by atoms with van der Waals surface area (Å²) in [4.78, 5) is 37.0. The molecule has 0 aliphatic rings. The van der Waals surface area contributed by atoms with E-state index in [-0.39, 0.29) is 17.9 Å². The smallest absolute Gasteiger partial charge is 0.294 e. The van der Waals surface area contributed by atoms with E-state index in [1.807, 2.05) is 0 Å². The first-order valence-electron chi connectivity index (χ1n) is 6.00. The molecule has 0 bridgehead atoms. The van der Waals surface area contributed by atoms with E-state index < -0.39 is 17.6 Å². The molecule has 0 fully saturated rings. The molecule has 1 N–H and O–H groups in total. The van der Waals surface area contributed by atoms with Crippen LogP contribution < -0.4 is 5.32 Å². The second kappa shape index (κ2) is 8.35. The number of Topliss-reactive ketones (excluding diaryl/α,β-unsaturated/α-hetero) is 1. The van der Waals surface area contributed by atoms with Gasteiger partial charge in [-0.1, -0.05) is 29.3 Å². The fourth-order valence-corrected chi connectivity index (χ4v) is 1.95. The number of benzene rings is 1. The number of carbonyl (C=O) groups is 2. The second-order valence-electron chi connectivity index (χ2n) is 4.26. The number of amides is 1.